The highest BCUT2D eigenvalue weighted by atomic mass is 35.5. The number of carbonyl (C=O) groups is 2. The van der Waals surface area contributed by atoms with Gasteiger partial charge < -0.3 is 4.74 Å². The predicted octanol–water partition coefficient (Wildman–Crippen LogP) is 3.52. The van der Waals surface area contributed by atoms with Crippen LogP contribution >= 0.6 is 11.6 Å². The quantitative estimate of drug-likeness (QED) is 0.774. The summed E-state index contributed by atoms with van der Waals surface area (Å²) >= 11 is 5.80. The molecule has 0 saturated carbocycles. The lowest BCUT2D eigenvalue weighted by atomic mass is 10.1. The summed E-state index contributed by atoms with van der Waals surface area (Å²) in [7, 11) is 0. The summed E-state index contributed by atoms with van der Waals surface area (Å²) in [6, 6.07) is 13.7. The Morgan fingerprint density at radius 3 is 2.28 bits per heavy atom. The molecule has 2 aromatic carbocycles. The van der Waals surface area contributed by atoms with E-state index in [-0.39, 0.29) is 24.3 Å². The van der Waals surface area contributed by atoms with E-state index in [0.29, 0.717) is 16.3 Å². The Labute approximate surface area is 152 Å². The highest BCUT2D eigenvalue weighted by molar-refractivity contribution is 6.30. The number of amides is 2. The van der Waals surface area contributed by atoms with Gasteiger partial charge >= 0.3 is 0 Å². The molecule has 1 unspecified atom stereocenters. The minimum Gasteiger partial charge on any atom is -0.491 e. The molecular weight excluding hydrogens is 340 g/mol. The first-order chi connectivity index (χ1) is 12.0. The first-order valence-corrected chi connectivity index (χ1v) is 8.46. The largest absolute Gasteiger partial charge is 0.491 e. The van der Waals surface area contributed by atoms with Crippen LogP contribution < -0.4 is 15.6 Å². The first kappa shape index (κ1) is 18.8. The fourth-order valence-electron chi connectivity index (χ4n) is 2.03. The van der Waals surface area contributed by atoms with E-state index in [0.717, 1.165) is 12.0 Å². The number of halogens is 1. The average molecular weight is 361 g/mol. The summed E-state index contributed by atoms with van der Waals surface area (Å²) < 4.78 is 5.66. The molecular formula is C19H21ClN2O3. The molecule has 2 N–H and O–H groups in total. The van der Waals surface area contributed by atoms with Gasteiger partial charge in [0.25, 0.3) is 5.91 Å². The summed E-state index contributed by atoms with van der Waals surface area (Å²) in [5.74, 6) is 0.00427. The van der Waals surface area contributed by atoms with Crippen molar-refractivity contribution in [1.82, 2.24) is 10.9 Å². The molecule has 25 heavy (non-hydrogen) atoms. The van der Waals surface area contributed by atoms with Crippen LogP contribution in [0.15, 0.2) is 48.5 Å². The average Bonchev–Trinajstić information content (AvgIpc) is 2.62. The Hall–Kier alpha value is -2.53. The summed E-state index contributed by atoms with van der Waals surface area (Å²) in [4.78, 5) is 23.9. The number of rotatable bonds is 6. The van der Waals surface area contributed by atoms with Gasteiger partial charge in [-0.2, -0.15) is 0 Å². The standard InChI is InChI=1S/C19H21ClN2O3/c1-3-13(2)25-17-10-6-15(7-11-17)19(24)22-21-18(23)12-14-4-8-16(20)9-5-14/h4-11,13H,3,12H2,1-2H3,(H,21,23)(H,22,24). The fourth-order valence-corrected chi connectivity index (χ4v) is 2.16. The lowest BCUT2D eigenvalue weighted by Crippen LogP contribution is -2.42. The van der Waals surface area contributed by atoms with Gasteiger partial charge in [0.2, 0.25) is 5.91 Å². The van der Waals surface area contributed by atoms with Crippen LogP contribution in [0.2, 0.25) is 5.02 Å². The van der Waals surface area contributed by atoms with Crippen molar-refractivity contribution in [2.75, 3.05) is 0 Å². The topological polar surface area (TPSA) is 67.4 Å². The van der Waals surface area contributed by atoms with Gasteiger partial charge in [0, 0.05) is 10.6 Å². The van der Waals surface area contributed by atoms with E-state index >= 15 is 0 Å². The van der Waals surface area contributed by atoms with Crippen LogP contribution in [0.5, 0.6) is 5.75 Å². The molecule has 0 aliphatic rings. The molecule has 0 aliphatic carbocycles. The van der Waals surface area contributed by atoms with E-state index in [4.69, 9.17) is 16.3 Å². The number of hydrogen-bond acceptors (Lipinski definition) is 3. The van der Waals surface area contributed by atoms with E-state index in [1.165, 1.54) is 0 Å². The van der Waals surface area contributed by atoms with Crippen molar-refractivity contribution in [3.05, 3.63) is 64.7 Å². The van der Waals surface area contributed by atoms with Gasteiger partial charge in [0.15, 0.2) is 0 Å². The second-order valence-electron chi connectivity index (χ2n) is 5.67. The lowest BCUT2D eigenvalue weighted by Gasteiger charge is -2.13. The maximum absolute atomic E-state index is 12.1. The van der Waals surface area contributed by atoms with Gasteiger partial charge in [-0.1, -0.05) is 30.7 Å². The molecule has 132 valence electrons. The zero-order valence-corrected chi connectivity index (χ0v) is 15.0. The minimum absolute atomic E-state index is 0.117. The maximum Gasteiger partial charge on any atom is 0.269 e. The summed E-state index contributed by atoms with van der Waals surface area (Å²) in [5.41, 5.74) is 6.04. The van der Waals surface area contributed by atoms with Crippen molar-refractivity contribution in [3.63, 3.8) is 0 Å². The SMILES string of the molecule is CCC(C)Oc1ccc(C(=O)NNC(=O)Cc2ccc(Cl)cc2)cc1. The number of nitrogens with one attached hydrogen (secondary N) is 2. The zero-order chi connectivity index (χ0) is 18.2. The summed E-state index contributed by atoms with van der Waals surface area (Å²) in [6.07, 6.45) is 1.17. The molecule has 0 aliphatic heterocycles. The Morgan fingerprint density at radius 1 is 1.04 bits per heavy atom. The third-order valence-electron chi connectivity index (χ3n) is 3.62. The van der Waals surface area contributed by atoms with Crippen LogP contribution in [-0.4, -0.2) is 17.9 Å². The van der Waals surface area contributed by atoms with Gasteiger partial charge in [0.1, 0.15) is 5.75 Å². The molecule has 2 aromatic rings. The molecule has 5 nitrogen and oxygen atoms in total. The second-order valence-corrected chi connectivity index (χ2v) is 6.10. The lowest BCUT2D eigenvalue weighted by molar-refractivity contribution is -0.121. The van der Waals surface area contributed by atoms with Crippen LogP contribution in [0.1, 0.15) is 36.2 Å². The molecule has 2 amide bonds. The summed E-state index contributed by atoms with van der Waals surface area (Å²) in [6.45, 7) is 4.02. The molecule has 0 saturated heterocycles. The molecule has 1 atom stereocenters. The molecule has 0 spiro atoms. The van der Waals surface area contributed by atoms with E-state index < -0.39 is 0 Å². The van der Waals surface area contributed by atoms with Crippen LogP contribution in [0.3, 0.4) is 0 Å². The molecule has 0 radical (unpaired) electrons. The van der Waals surface area contributed by atoms with Gasteiger partial charge in [0.05, 0.1) is 12.5 Å². The Bertz CT molecular complexity index is 714. The fraction of sp³-hybridized carbons (Fsp3) is 0.263. The van der Waals surface area contributed by atoms with Crippen LogP contribution in [0.25, 0.3) is 0 Å². The Morgan fingerprint density at radius 2 is 1.68 bits per heavy atom. The highest BCUT2D eigenvalue weighted by Crippen LogP contribution is 2.14. The van der Waals surface area contributed by atoms with Crippen LogP contribution in [0, 0.1) is 0 Å². The van der Waals surface area contributed by atoms with Gasteiger partial charge in [-0.05, 0) is 55.3 Å². The molecule has 0 bridgehead atoms. The highest BCUT2D eigenvalue weighted by Gasteiger charge is 2.09. The van der Waals surface area contributed by atoms with Gasteiger partial charge in [-0.25, -0.2) is 0 Å². The minimum atomic E-state index is -0.389. The van der Waals surface area contributed by atoms with Crippen molar-refractivity contribution in [2.45, 2.75) is 32.8 Å². The van der Waals surface area contributed by atoms with Crippen LogP contribution in [0.4, 0.5) is 0 Å². The number of hydrogen-bond donors (Lipinski definition) is 2. The van der Waals surface area contributed by atoms with Gasteiger partial charge in [-0.3, -0.25) is 20.4 Å². The van der Waals surface area contributed by atoms with Crippen molar-refractivity contribution in [3.8, 4) is 5.75 Å². The molecule has 6 heteroatoms. The zero-order valence-electron chi connectivity index (χ0n) is 14.2. The normalized spacial score (nSPS) is 11.5. The third-order valence-corrected chi connectivity index (χ3v) is 3.87. The third kappa shape index (κ3) is 6.12. The van der Waals surface area contributed by atoms with Crippen molar-refractivity contribution >= 4 is 23.4 Å². The number of carbonyl (C=O) groups excluding carboxylic acids is 2. The predicted molar refractivity (Wildman–Crippen MR) is 97.6 cm³/mol. The van der Waals surface area contributed by atoms with Crippen molar-refractivity contribution < 1.29 is 14.3 Å². The smallest absolute Gasteiger partial charge is 0.269 e. The second kappa shape index (κ2) is 9.08. The van der Waals surface area contributed by atoms with E-state index in [1.54, 1.807) is 48.5 Å². The molecule has 0 aromatic heterocycles. The van der Waals surface area contributed by atoms with Crippen molar-refractivity contribution in [2.24, 2.45) is 0 Å². The van der Waals surface area contributed by atoms with E-state index in [9.17, 15) is 9.59 Å². The number of ether oxygens (including phenoxy) is 1. The van der Waals surface area contributed by atoms with Crippen LogP contribution in [-0.2, 0) is 11.2 Å². The monoisotopic (exact) mass is 360 g/mol. The van der Waals surface area contributed by atoms with E-state index in [2.05, 4.69) is 10.9 Å². The Kier molecular flexibility index (Phi) is 6.83. The number of benzene rings is 2. The van der Waals surface area contributed by atoms with Gasteiger partial charge in [-0.15, -0.1) is 0 Å². The first-order valence-electron chi connectivity index (χ1n) is 8.08. The summed E-state index contributed by atoms with van der Waals surface area (Å²) in [5, 5.41) is 0.609. The maximum atomic E-state index is 12.1. The molecule has 2 rings (SSSR count). The Balaban J connectivity index is 1.83. The van der Waals surface area contributed by atoms with Crippen molar-refractivity contribution in [1.29, 1.82) is 0 Å². The molecule has 0 heterocycles. The van der Waals surface area contributed by atoms with E-state index in [1.807, 2.05) is 13.8 Å². The molecule has 0 fully saturated rings. The number of hydrazine groups is 1.